The van der Waals surface area contributed by atoms with Gasteiger partial charge in [0.15, 0.2) is 16.4 Å². The van der Waals surface area contributed by atoms with Gasteiger partial charge in [-0.3, -0.25) is 4.79 Å². The summed E-state index contributed by atoms with van der Waals surface area (Å²) in [7, 11) is -3.46. The van der Waals surface area contributed by atoms with Crippen LogP contribution in [0.4, 0.5) is 5.69 Å². The Morgan fingerprint density at radius 3 is 2.52 bits per heavy atom. The first-order chi connectivity index (χ1) is 10.9. The molecule has 0 fully saturated rings. The average Bonchev–Trinajstić information content (AvgIpc) is 2.52. The Balaban J connectivity index is 2.08. The lowest BCUT2D eigenvalue weighted by molar-refractivity contribution is -0.118. The van der Waals surface area contributed by atoms with E-state index in [1.54, 1.807) is 36.4 Å². The maximum absolute atomic E-state index is 12.0. The number of nitrogens with zero attached hydrogens (tertiary/aromatic N) is 1. The maximum atomic E-state index is 12.0. The second-order valence-corrected chi connectivity index (χ2v) is 6.70. The van der Waals surface area contributed by atoms with Crippen LogP contribution in [0.5, 0.6) is 5.75 Å². The van der Waals surface area contributed by atoms with E-state index < -0.39 is 15.7 Å². The van der Waals surface area contributed by atoms with Crippen molar-refractivity contribution in [2.75, 3.05) is 18.2 Å². The van der Waals surface area contributed by atoms with E-state index in [4.69, 9.17) is 10.00 Å². The summed E-state index contributed by atoms with van der Waals surface area (Å²) in [6.07, 6.45) is 1.07. The molecule has 2 aromatic rings. The van der Waals surface area contributed by atoms with Crippen LogP contribution in [0.15, 0.2) is 53.4 Å². The van der Waals surface area contributed by atoms with E-state index in [1.165, 1.54) is 12.1 Å². The van der Waals surface area contributed by atoms with Crippen LogP contribution < -0.4 is 10.1 Å². The summed E-state index contributed by atoms with van der Waals surface area (Å²) in [6, 6.07) is 14.6. The van der Waals surface area contributed by atoms with Crippen LogP contribution in [0.25, 0.3) is 0 Å². The van der Waals surface area contributed by atoms with Crippen LogP contribution in [0.1, 0.15) is 5.56 Å². The topological polar surface area (TPSA) is 96.3 Å². The number of carbonyl (C=O) groups excluding carboxylic acids is 1. The minimum atomic E-state index is -3.46. The van der Waals surface area contributed by atoms with Gasteiger partial charge in [-0.25, -0.2) is 8.42 Å². The Kier molecular flexibility index (Phi) is 4.98. The van der Waals surface area contributed by atoms with E-state index in [-0.39, 0.29) is 17.2 Å². The first-order valence-electron chi connectivity index (χ1n) is 6.62. The van der Waals surface area contributed by atoms with Crippen molar-refractivity contribution in [1.29, 1.82) is 5.26 Å². The van der Waals surface area contributed by atoms with E-state index in [0.717, 1.165) is 6.26 Å². The second-order valence-electron chi connectivity index (χ2n) is 4.71. The van der Waals surface area contributed by atoms with Gasteiger partial charge in [-0.15, -0.1) is 0 Å². The van der Waals surface area contributed by atoms with Crippen molar-refractivity contribution < 1.29 is 17.9 Å². The Bertz CT molecular complexity index is 870. The van der Waals surface area contributed by atoms with Crippen molar-refractivity contribution in [3.63, 3.8) is 0 Å². The van der Waals surface area contributed by atoms with E-state index in [2.05, 4.69) is 5.32 Å². The van der Waals surface area contributed by atoms with Gasteiger partial charge in [-0.1, -0.05) is 24.3 Å². The molecule has 118 valence electrons. The lowest BCUT2D eigenvalue weighted by Gasteiger charge is -2.11. The fourth-order valence-electron chi connectivity index (χ4n) is 1.91. The third-order valence-corrected chi connectivity index (χ3v) is 4.08. The molecular formula is C16H14N2O4S. The van der Waals surface area contributed by atoms with Gasteiger partial charge in [-0.2, -0.15) is 5.26 Å². The highest BCUT2D eigenvalue weighted by atomic mass is 32.2. The third-order valence-electron chi connectivity index (χ3n) is 2.93. The van der Waals surface area contributed by atoms with Gasteiger partial charge >= 0.3 is 0 Å². The fraction of sp³-hybridized carbons (Fsp3) is 0.125. The Morgan fingerprint density at radius 1 is 1.17 bits per heavy atom. The molecule has 0 aliphatic rings. The van der Waals surface area contributed by atoms with E-state index in [9.17, 15) is 13.2 Å². The number of carbonyl (C=O) groups is 1. The number of benzene rings is 2. The summed E-state index contributed by atoms with van der Waals surface area (Å²) in [5.41, 5.74) is 0.508. The van der Waals surface area contributed by atoms with Gasteiger partial charge in [-0.05, 0) is 24.3 Å². The highest BCUT2D eigenvalue weighted by molar-refractivity contribution is 7.90. The molecule has 0 atom stereocenters. The second kappa shape index (κ2) is 6.94. The molecule has 0 spiro atoms. The van der Waals surface area contributed by atoms with Crippen LogP contribution in [0, 0.1) is 11.3 Å². The first kappa shape index (κ1) is 16.5. The molecule has 0 unspecified atom stereocenters. The fourth-order valence-corrected chi connectivity index (χ4v) is 2.75. The van der Waals surface area contributed by atoms with Gasteiger partial charge in [0.05, 0.1) is 16.1 Å². The van der Waals surface area contributed by atoms with Crippen LogP contribution in [0.2, 0.25) is 0 Å². The molecule has 0 radical (unpaired) electrons. The van der Waals surface area contributed by atoms with Crippen molar-refractivity contribution in [2.24, 2.45) is 0 Å². The predicted molar refractivity (Wildman–Crippen MR) is 84.8 cm³/mol. The van der Waals surface area contributed by atoms with Crippen LogP contribution in [-0.4, -0.2) is 27.2 Å². The van der Waals surface area contributed by atoms with E-state index >= 15 is 0 Å². The minimum absolute atomic E-state index is 0.0331. The Morgan fingerprint density at radius 2 is 1.83 bits per heavy atom. The number of nitrogens with one attached hydrogen (secondary N) is 1. The van der Waals surface area contributed by atoms with E-state index in [0.29, 0.717) is 11.3 Å². The standard InChI is InChI=1S/C16H14N2O4S/c1-23(20,21)15-9-5-3-7-13(15)18-16(19)11-22-14-8-4-2-6-12(14)10-17/h2-9H,11H2,1H3,(H,18,19). The Hall–Kier alpha value is -2.85. The molecule has 0 saturated carbocycles. The number of para-hydroxylation sites is 2. The van der Waals surface area contributed by atoms with Crippen molar-refractivity contribution >= 4 is 21.4 Å². The molecule has 0 bridgehead atoms. The highest BCUT2D eigenvalue weighted by Crippen LogP contribution is 2.21. The molecule has 0 aliphatic carbocycles. The monoisotopic (exact) mass is 330 g/mol. The summed E-state index contributed by atoms with van der Waals surface area (Å²) in [5.74, 6) is -0.226. The summed E-state index contributed by atoms with van der Waals surface area (Å²) in [6.45, 7) is -0.337. The predicted octanol–water partition coefficient (Wildman–Crippen LogP) is 1.98. The summed E-state index contributed by atoms with van der Waals surface area (Å²) >= 11 is 0. The molecule has 6 nitrogen and oxygen atoms in total. The number of amides is 1. The van der Waals surface area contributed by atoms with Crippen molar-refractivity contribution in [2.45, 2.75) is 4.90 Å². The molecule has 0 aromatic heterocycles. The van der Waals surface area contributed by atoms with Crippen molar-refractivity contribution in [1.82, 2.24) is 0 Å². The number of rotatable bonds is 5. The van der Waals surface area contributed by atoms with Crippen LogP contribution in [-0.2, 0) is 14.6 Å². The number of hydrogen-bond donors (Lipinski definition) is 1. The molecule has 2 aromatic carbocycles. The molecule has 1 N–H and O–H groups in total. The smallest absolute Gasteiger partial charge is 0.262 e. The largest absolute Gasteiger partial charge is 0.482 e. The number of hydrogen-bond acceptors (Lipinski definition) is 5. The molecule has 2 rings (SSSR count). The van der Waals surface area contributed by atoms with Gasteiger partial charge in [0.1, 0.15) is 11.8 Å². The maximum Gasteiger partial charge on any atom is 0.262 e. The quantitative estimate of drug-likeness (QED) is 0.904. The Labute approximate surface area is 134 Å². The molecule has 0 aliphatic heterocycles. The van der Waals surface area contributed by atoms with Crippen LogP contribution >= 0.6 is 0 Å². The molecule has 7 heteroatoms. The number of sulfone groups is 1. The minimum Gasteiger partial charge on any atom is -0.482 e. The molecule has 23 heavy (non-hydrogen) atoms. The SMILES string of the molecule is CS(=O)(=O)c1ccccc1NC(=O)COc1ccccc1C#N. The lowest BCUT2D eigenvalue weighted by Crippen LogP contribution is -2.21. The number of ether oxygens (including phenoxy) is 1. The average molecular weight is 330 g/mol. The van der Waals surface area contributed by atoms with Crippen LogP contribution in [0.3, 0.4) is 0 Å². The summed E-state index contributed by atoms with van der Waals surface area (Å²) < 4.78 is 28.7. The normalized spacial score (nSPS) is 10.6. The zero-order valence-electron chi connectivity index (χ0n) is 12.3. The van der Waals surface area contributed by atoms with Gasteiger partial charge in [0.25, 0.3) is 5.91 Å². The lowest BCUT2D eigenvalue weighted by atomic mass is 10.2. The van der Waals surface area contributed by atoms with Gasteiger partial charge < -0.3 is 10.1 Å². The summed E-state index contributed by atoms with van der Waals surface area (Å²) in [5, 5.41) is 11.4. The molecular weight excluding hydrogens is 316 g/mol. The molecule has 0 saturated heterocycles. The first-order valence-corrected chi connectivity index (χ1v) is 8.52. The zero-order valence-corrected chi connectivity index (χ0v) is 13.1. The van der Waals surface area contributed by atoms with Crippen molar-refractivity contribution in [3.05, 3.63) is 54.1 Å². The zero-order chi connectivity index (χ0) is 16.9. The highest BCUT2D eigenvalue weighted by Gasteiger charge is 2.15. The molecule has 1 amide bonds. The molecule has 0 heterocycles. The third kappa shape index (κ3) is 4.31. The van der Waals surface area contributed by atoms with Gasteiger partial charge in [0.2, 0.25) is 0 Å². The van der Waals surface area contributed by atoms with E-state index in [1.807, 2.05) is 6.07 Å². The number of nitriles is 1. The summed E-state index contributed by atoms with van der Waals surface area (Å²) in [4.78, 5) is 12.0. The van der Waals surface area contributed by atoms with Crippen molar-refractivity contribution in [3.8, 4) is 11.8 Å². The van der Waals surface area contributed by atoms with Gasteiger partial charge in [0, 0.05) is 6.26 Å². The number of anilines is 1.